The predicted molar refractivity (Wildman–Crippen MR) is 288 cm³/mol. The van der Waals surface area contributed by atoms with Crippen molar-refractivity contribution >= 4 is 17.9 Å². The van der Waals surface area contributed by atoms with E-state index >= 15 is 0 Å². The Kier molecular flexibility index (Phi) is 51.5. The first-order valence-electron chi connectivity index (χ1n) is 27.5. The number of hydrogen-bond acceptors (Lipinski definition) is 6. The summed E-state index contributed by atoms with van der Waals surface area (Å²) in [4.78, 5) is 38.0. The standard InChI is InChI=1S/C61H100O6/c1-4-7-10-13-16-19-22-24-26-28-30-32-34-36-39-42-45-48-51-54-60(63)66-57-58(56-65-59(62)53-50-47-44-41-38-21-18-15-12-9-6-3)67-61(64)55-52-49-46-43-40-37-35-33-31-29-27-25-23-20-17-14-11-8-5-2/h7,10,13,15-16,18-19,22,24,26,28-32,34,36,39,58H,4-6,8-9,11-12,14,17,20-21,23,25,27,33,35,37-38,40-57H2,1-3H3/b10-7-,16-13-,18-15-,22-19-,26-24-,30-28+,31-29-,34-32-,39-36-. The quantitative estimate of drug-likeness (QED) is 0.0199. The molecule has 0 N–H and O–H groups in total. The highest BCUT2D eigenvalue weighted by atomic mass is 16.6. The van der Waals surface area contributed by atoms with Crippen molar-refractivity contribution in [3.63, 3.8) is 0 Å². The van der Waals surface area contributed by atoms with Gasteiger partial charge < -0.3 is 14.2 Å². The van der Waals surface area contributed by atoms with Gasteiger partial charge in [0, 0.05) is 19.3 Å². The topological polar surface area (TPSA) is 78.9 Å². The fourth-order valence-corrected chi connectivity index (χ4v) is 7.28. The molecule has 0 aliphatic heterocycles. The largest absolute Gasteiger partial charge is 0.462 e. The van der Waals surface area contributed by atoms with E-state index in [1.165, 1.54) is 116 Å². The number of carbonyl (C=O) groups is 3. The molecule has 0 bridgehead atoms. The average Bonchev–Trinajstić information content (AvgIpc) is 3.33. The molecule has 380 valence electrons. The fourth-order valence-electron chi connectivity index (χ4n) is 7.28. The normalized spacial score (nSPS) is 12.9. The van der Waals surface area contributed by atoms with E-state index in [9.17, 15) is 14.4 Å². The molecular weight excluding hydrogens is 829 g/mol. The lowest BCUT2D eigenvalue weighted by Gasteiger charge is -2.18. The highest BCUT2D eigenvalue weighted by molar-refractivity contribution is 5.71. The summed E-state index contributed by atoms with van der Waals surface area (Å²) in [6.07, 6.45) is 73.6. The SMILES string of the molecule is CC\C=C/C=C\C=C/C=C\C=C\C=C/C=C\CCCCCC(=O)OCC(COC(=O)CCCCCCC/C=C\CCCC)OC(=O)CCCCCCCCC/C=C\CCCCCCCCCC. The van der Waals surface area contributed by atoms with Crippen molar-refractivity contribution in [1.82, 2.24) is 0 Å². The molecule has 67 heavy (non-hydrogen) atoms. The summed E-state index contributed by atoms with van der Waals surface area (Å²) in [5.41, 5.74) is 0. The molecule has 0 saturated carbocycles. The lowest BCUT2D eigenvalue weighted by molar-refractivity contribution is -0.167. The van der Waals surface area contributed by atoms with E-state index in [0.717, 1.165) is 83.5 Å². The smallest absolute Gasteiger partial charge is 0.306 e. The van der Waals surface area contributed by atoms with Gasteiger partial charge in [0.25, 0.3) is 0 Å². The van der Waals surface area contributed by atoms with E-state index in [0.29, 0.717) is 19.3 Å². The third kappa shape index (κ3) is 52.9. The zero-order valence-corrected chi connectivity index (χ0v) is 43.4. The molecule has 0 fully saturated rings. The van der Waals surface area contributed by atoms with Crippen molar-refractivity contribution in [2.75, 3.05) is 13.2 Å². The van der Waals surface area contributed by atoms with Crippen molar-refractivity contribution < 1.29 is 28.6 Å². The summed E-state index contributed by atoms with van der Waals surface area (Å²) in [6.45, 7) is 6.40. The van der Waals surface area contributed by atoms with Crippen molar-refractivity contribution in [3.8, 4) is 0 Å². The number of rotatable bonds is 48. The van der Waals surface area contributed by atoms with Gasteiger partial charge in [0.15, 0.2) is 6.10 Å². The summed E-state index contributed by atoms with van der Waals surface area (Å²) in [5.74, 6) is -0.962. The summed E-state index contributed by atoms with van der Waals surface area (Å²) in [5, 5.41) is 0. The maximum absolute atomic E-state index is 12.8. The van der Waals surface area contributed by atoms with E-state index in [1.807, 2.05) is 72.9 Å². The second kappa shape index (κ2) is 54.7. The van der Waals surface area contributed by atoms with Gasteiger partial charge >= 0.3 is 17.9 Å². The first-order chi connectivity index (χ1) is 33.0. The van der Waals surface area contributed by atoms with E-state index in [1.54, 1.807) is 0 Å². The molecule has 0 spiro atoms. The summed E-state index contributed by atoms with van der Waals surface area (Å²) in [7, 11) is 0. The van der Waals surface area contributed by atoms with Gasteiger partial charge in [-0.05, 0) is 83.5 Å². The maximum Gasteiger partial charge on any atom is 0.306 e. The average molecular weight is 929 g/mol. The Morgan fingerprint density at radius 3 is 1.01 bits per heavy atom. The van der Waals surface area contributed by atoms with Crippen molar-refractivity contribution in [1.29, 1.82) is 0 Å². The summed E-state index contributed by atoms with van der Waals surface area (Å²) in [6, 6.07) is 0. The number of allylic oxidation sites excluding steroid dienone is 18. The third-order valence-electron chi connectivity index (χ3n) is 11.4. The third-order valence-corrected chi connectivity index (χ3v) is 11.4. The van der Waals surface area contributed by atoms with Crippen LogP contribution in [-0.4, -0.2) is 37.2 Å². The van der Waals surface area contributed by atoms with Crippen LogP contribution < -0.4 is 0 Å². The lowest BCUT2D eigenvalue weighted by Crippen LogP contribution is -2.30. The van der Waals surface area contributed by atoms with Crippen LogP contribution in [0.4, 0.5) is 0 Å². The van der Waals surface area contributed by atoms with Crippen molar-refractivity contribution in [2.45, 2.75) is 245 Å². The van der Waals surface area contributed by atoms with E-state index < -0.39 is 6.10 Å². The molecule has 0 aromatic carbocycles. The lowest BCUT2D eigenvalue weighted by atomic mass is 10.1. The van der Waals surface area contributed by atoms with Gasteiger partial charge in [-0.25, -0.2) is 0 Å². The first kappa shape index (κ1) is 63.1. The molecule has 6 nitrogen and oxygen atoms in total. The van der Waals surface area contributed by atoms with E-state index in [2.05, 4.69) is 57.2 Å². The fraction of sp³-hybridized carbons (Fsp3) is 0.656. The van der Waals surface area contributed by atoms with Gasteiger partial charge in [0.1, 0.15) is 13.2 Å². The Morgan fingerprint density at radius 1 is 0.313 bits per heavy atom. The maximum atomic E-state index is 12.8. The summed E-state index contributed by atoms with van der Waals surface area (Å²) >= 11 is 0. The minimum Gasteiger partial charge on any atom is -0.462 e. The highest BCUT2D eigenvalue weighted by Gasteiger charge is 2.19. The van der Waals surface area contributed by atoms with Gasteiger partial charge in [-0.2, -0.15) is 0 Å². The molecule has 0 saturated heterocycles. The van der Waals surface area contributed by atoms with Crippen LogP contribution in [-0.2, 0) is 28.6 Å². The van der Waals surface area contributed by atoms with Gasteiger partial charge in [-0.1, -0.05) is 246 Å². The Balaban J connectivity index is 4.47. The minimum atomic E-state index is -0.804. The second-order valence-corrected chi connectivity index (χ2v) is 17.9. The molecule has 0 heterocycles. The molecule has 0 aromatic rings. The van der Waals surface area contributed by atoms with Crippen molar-refractivity contribution in [3.05, 3.63) is 109 Å². The van der Waals surface area contributed by atoms with Crippen LogP contribution in [0.15, 0.2) is 109 Å². The first-order valence-corrected chi connectivity index (χ1v) is 27.5. The second-order valence-electron chi connectivity index (χ2n) is 17.9. The number of esters is 3. The van der Waals surface area contributed by atoms with Crippen LogP contribution in [0.5, 0.6) is 0 Å². The van der Waals surface area contributed by atoms with Gasteiger partial charge in [-0.3, -0.25) is 14.4 Å². The molecule has 0 radical (unpaired) electrons. The van der Waals surface area contributed by atoms with Crippen LogP contribution in [0.25, 0.3) is 0 Å². The highest BCUT2D eigenvalue weighted by Crippen LogP contribution is 2.14. The number of carbonyl (C=O) groups excluding carboxylic acids is 3. The van der Waals surface area contributed by atoms with Crippen molar-refractivity contribution in [2.24, 2.45) is 0 Å². The molecule has 0 aliphatic carbocycles. The molecular formula is C61H100O6. The molecule has 0 rings (SSSR count). The van der Waals surface area contributed by atoms with Gasteiger partial charge in [0.2, 0.25) is 0 Å². The Bertz CT molecular complexity index is 1390. The molecule has 0 aromatic heterocycles. The molecule has 1 atom stereocenters. The molecule has 1 unspecified atom stereocenters. The minimum absolute atomic E-state index is 0.101. The molecule has 0 amide bonds. The molecule has 6 heteroatoms. The van der Waals surface area contributed by atoms with E-state index in [4.69, 9.17) is 14.2 Å². The van der Waals surface area contributed by atoms with Gasteiger partial charge in [-0.15, -0.1) is 0 Å². The van der Waals surface area contributed by atoms with Crippen LogP contribution in [0.3, 0.4) is 0 Å². The number of hydrogen-bond donors (Lipinski definition) is 0. The van der Waals surface area contributed by atoms with Crippen LogP contribution >= 0.6 is 0 Å². The summed E-state index contributed by atoms with van der Waals surface area (Å²) < 4.78 is 16.8. The Labute approximate surface area is 412 Å². The van der Waals surface area contributed by atoms with Crippen LogP contribution in [0.1, 0.15) is 239 Å². The molecule has 0 aliphatic rings. The number of unbranched alkanes of at least 4 members (excludes halogenated alkanes) is 25. The van der Waals surface area contributed by atoms with E-state index in [-0.39, 0.29) is 31.1 Å². The zero-order chi connectivity index (χ0) is 48.6. The number of ether oxygens (including phenoxy) is 3. The van der Waals surface area contributed by atoms with Crippen LogP contribution in [0, 0.1) is 0 Å². The van der Waals surface area contributed by atoms with Gasteiger partial charge in [0.05, 0.1) is 0 Å². The Hall–Kier alpha value is -3.93. The predicted octanol–water partition coefficient (Wildman–Crippen LogP) is 18.3. The Morgan fingerprint density at radius 2 is 0.612 bits per heavy atom. The van der Waals surface area contributed by atoms with Crippen LogP contribution in [0.2, 0.25) is 0 Å². The monoisotopic (exact) mass is 929 g/mol. The zero-order valence-electron chi connectivity index (χ0n) is 43.4.